The maximum atomic E-state index is 9.72. The van der Waals surface area contributed by atoms with Crippen LogP contribution >= 0.6 is 0 Å². The summed E-state index contributed by atoms with van der Waals surface area (Å²) in [7, 11) is 2.22. The molecule has 0 amide bonds. The fourth-order valence-corrected chi connectivity index (χ4v) is 3.39. The summed E-state index contributed by atoms with van der Waals surface area (Å²) in [6.07, 6.45) is 5.54. The molecule has 0 aromatic carbocycles. The molecule has 0 aromatic heterocycles. The second-order valence-corrected chi connectivity index (χ2v) is 6.29. The molecule has 1 aliphatic heterocycles. The third kappa shape index (κ3) is 3.43. The Labute approximate surface area is 106 Å². The van der Waals surface area contributed by atoms with Gasteiger partial charge in [0.1, 0.15) is 0 Å². The lowest BCUT2D eigenvalue weighted by Gasteiger charge is -2.42. The highest BCUT2D eigenvalue weighted by Gasteiger charge is 2.31. The molecular weight excluding hydrogens is 212 g/mol. The molecule has 0 spiro atoms. The maximum Gasteiger partial charge on any atom is 0.0555 e. The van der Waals surface area contributed by atoms with Gasteiger partial charge in [0.05, 0.1) is 6.10 Å². The molecule has 1 saturated carbocycles. The minimum Gasteiger partial charge on any atom is -0.393 e. The first-order valence-electron chi connectivity index (χ1n) is 7.20. The Hall–Kier alpha value is -0.120. The molecule has 1 saturated heterocycles. The number of nitrogens with zero attached hydrogens (tertiary/aromatic N) is 1. The Morgan fingerprint density at radius 1 is 1.18 bits per heavy atom. The van der Waals surface area contributed by atoms with Crippen LogP contribution in [0, 0.1) is 5.92 Å². The van der Waals surface area contributed by atoms with Gasteiger partial charge < -0.3 is 15.3 Å². The maximum absolute atomic E-state index is 9.72. The van der Waals surface area contributed by atoms with Crippen LogP contribution in [0.3, 0.4) is 0 Å². The van der Waals surface area contributed by atoms with Crippen LogP contribution in [0.2, 0.25) is 0 Å². The van der Waals surface area contributed by atoms with Crippen molar-refractivity contribution in [2.24, 2.45) is 5.92 Å². The first-order chi connectivity index (χ1) is 8.06. The number of rotatable bonds is 2. The van der Waals surface area contributed by atoms with E-state index < -0.39 is 0 Å². The second kappa shape index (κ2) is 5.68. The van der Waals surface area contributed by atoms with E-state index in [0.29, 0.717) is 18.1 Å². The van der Waals surface area contributed by atoms with E-state index in [0.717, 1.165) is 18.8 Å². The fourth-order valence-electron chi connectivity index (χ4n) is 3.39. The highest BCUT2D eigenvalue weighted by Crippen LogP contribution is 2.24. The number of nitrogens with one attached hydrogen (secondary N) is 1. The van der Waals surface area contributed by atoms with Gasteiger partial charge in [0.25, 0.3) is 0 Å². The number of hydrogen-bond acceptors (Lipinski definition) is 3. The zero-order valence-electron chi connectivity index (χ0n) is 11.5. The molecule has 2 aliphatic rings. The van der Waals surface area contributed by atoms with Crippen LogP contribution in [-0.4, -0.2) is 47.8 Å². The summed E-state index contributed by atoms with van der Waals surface area (Å²) in [6.45, 7) is 5.85. The topological polar surface area (TPSA) is 35.5 Å². The van der Waals surface area contributed by atoms with E-state index in [1.165, 1.54) is 25.8 Å². The molecule has 3 nitrogen and oxygen atoms in total. The van der Waals surface area contributed by atoms with Crippen molar-refractivity contribution in [1.82, 2.24) is 10.2 Å². The summed E-state index contributed by atoms with van der Waals surface area (Å²) >= 11 is 0. The highest BCUT2D eigenvalue weighted by molar-refractivity contribution is 4.89. The SMILES string of the molecule is CC1CN(C)C(C)CC1NC1CCCC(O)C1. The van der Waals surface area contributed by atoms with Crippen molar-refractivity contribution in [3.05, 3.63) is 0 Å². The molecule has 5 unspecified atom stereocenters. The molecule has 5 atom stereocenters. The Morgan fingerprint density at radius 3 is 2.65 bits per heavy atom. The van der Waals surface area contributed by atoms with Crippen molar-refractivity contribution >= 4 is 0 Å². The van der Waals surface area contributed by atoms with Gasteiger partial charge in [-0.3, -0.25) is 0 Å². The average Bonchev–Trinajstić information content (AvgIpc) is 2.26. The minimum atomic E-state index is -0.0692. The van der Waals surface area contributed by atoms with Crippen molar-refractivity contribution in [3.63, 3.8) is 0 Å². The third-order valence-electron chi connectivity index (χ3n) is 4.71. The summed E-state index contributed by atoms with van der Waals surface area (Å²) in [4.78, 5) is 2.46. The Bertz CT molecular complexity index is 246. The van der Waals surface area contributed by atoms with E-state index in [4.69, 9.17) is 0 Å². The Balaban J connectivity index is 1.85. The van der Waals surface area contributed by atoms with Gasteiger partial charge in [-0.2, -0.15) is 0 Å². The van der Waals surface area contributed by atoms with Gasteiger partial charge in [0.15, 0.2) is 0 Å². The number of aliphatic hydroxyl groups excluding tert-OH is 1. The quantitative estimate of drug-likeness (QED) is 0.770. The number of piperidine rings is 1. The molecule has 3 heteroatoms. The van der Waals surface area contributed by atoms with Crippen LogP contribution in [0.25, 0.3) is 0 Å². The van der Waals surface area contributed by atoms with E-state index >= 15 is 0 Å². The van der Waals surface area contributed by atoms with Crippen LogP contribution < -0.4 is 5.32 Å². The third-order valence-corrected chi connectivity index (χ3v) is 4.71. The molecule has 0 bridgehead atoms. The molecular formula is C14H28N2O. The van der Waals surface area contributed by atoms with Crippen molar-refractivity contribution in [2.45, 2.75) is 70.2 Å². The van der Waals surface area contributed by atoms with Crippen LogP contribution in [0.1, 0.15) is 46.0 Å². The van der Waals surface area contributed by atoms with Gasteiger partial charge in [-0.25, -0.2) is 0 Å². The fraction of sp³-hybridized carbons (Fsp3) is 1.00. The molecule has 1 heterocycles. The van der Waals surface area contributed by atoms with E-state index in [1.54, 1.807) is 0 Å². The zero-order chi connectivity index (χ0) is 12.4. The highest BCUT2D eigenvalue weighted by atomic mass is 16.3. The van der Waals surface area contributed by atoms with E-state index in [2.05, 4.69) is 31.1 Å². The smallest absolute Gasteiger partial charge is 0.0555 e. The van der Waals surface area contributed by atoms with Gasteiger partial charge in [-0.05, 0) is 52.0 Å². The largest absolute Gasteiger partial charge is 0.393 e. The van der Waals surface area contributed by atoms with Gasteiger partial charge in [0, 0.05) is 24.7 Å². The van der Waals surface area contributed by atoms with E-state index in [-0.39, 0.29) is 6.10 Å². The van der Waals surface area contributed by atoms with Crippen LogP contribution in [-0.2, 0) is 0 Å². The molecule has 2 N–H and O–H groups in total. The molecule has 2 rings (SSSR count). The van der Waals surface area contributed by atoms with Crippen molar-refractivity contribution in [1.29, 1.82) is 0 Å². The summed E-state index contributed by atoms with van der Waals surface area (Å²) in [5.74, 6) is 0.718. The second-order valence-electron chi connectivity index (χ2n) is 6.29. The molecule has 0 aromatic rings. The lowest BCUT2D eigenvalue weighted by molar-refractivity contribution is 0.0821. The summed E-state index contributed by atoms with van der Waals surface area (Å²) in [5.41, 5.74) is 0. The lowest BCUT2D eigenvalue weighted by Crippen LogP contribution is -2.54. The standard InChI is InChI=1S/C14H28N2O/c1-10-9-16(3)11(2)7-14(10)15-12-5-4-6-13(17)8-12/h10-15,17H,4-9H2,1-3H3. The minimum absolute atomic E-state index is 0.0692. The predicted molar refractivity (Wildman–Crippen MR) is 71.1 cm³/mol. The Morgan fingerprint density at radius 2 is 1.94 bits per heavy atom. The average molecular weight is 240 g/mol. The van der Waals surface area contributed by atoms with Gasteiger partial charge in [-0.15, -0.1) is 0 Å². The van der Waals surface area contributed by atoms with E-state index in [9.17, 15) is 5.11 Å². The predicted octanol–water partition coefficient (Wildman–Crippen LogP) is 1.61. The summed E-state index contributed by atoms with van der Waals surface area (Å²) in [6, 6.07) is 1.86. The molecule has 0 radical (unpaired) electrons. The number of likely N-dealkylation sites (tertiary alicyclic amines) is 1. The van der Waals surface area contributed by atoms with Crippen molar-refractivity contribution < 1.29 is 5.11 Å². The number of aliphatic hydroxyl groups is 1. The summed E-state index contributed by atoms with van der Waals surface area (Å²) in [5, 5.41) is 13.5. The monoisotopic (exact) mass is 240 g/mol. The first kappa shape index (κ1) is 13.3. The molecule has 2 fully saturated rings. The van der Waals surface area contributed by atoms with Gasteiger partial charge in [0.2, 0.25) is 0 Å². The molecule has 1 aliphatic carbocycles. The van der Waals surface area contributed by atoms with Crippen LogP contribution in [0.5, 0.6) is 0 Å². The van der Waals surface area contributed by atoms with E-state index in [1.807, 2.05) is 0 Å². The van der Waals surface area contributed by atoms with Gasteiger partial charge in [-0.1, -0.05) is 6.92 Å². The molecule has 17 heavy (non-hydrogen) atoms. The van der Waals surface area contributed by atoms with Gasteiger partial charge >= 0.3 is 0 Å². The summed E-state index contributed by atoms with van der Waals surface area (Å²) < 4.78 is 0. The zero-order valence-corrected chi connectivity index (χ0v) is 11.5. The molecule has 100 valence electrons. The normalized spacial score (nSPS) is 44.8. The van der Waals surface area contributed by atoms with Crippen LogP contribution in [0.15, 0.2) is 0 Å². The lowest BCUT2D eigenvalue weighted by atomic mass is 9.86. The van der Waals surface area contributed by atoms with Crippen molar-refractivity contribution in [2.75, 3.05) is 13.6 Å². The first-order valence-corrected chi connectivity index (χ1v) is 7.20. The van der Waals surface area contributed by atoms with Crippen molar-refractivity contribution in [3.8, 4) is 0 Å². The number of hydrogen-bond donors (Lipinski definition) is 2. The van der Waals surface area contributed by atoms with Crippen LogP contribution in [0.4, 0.5) is 0 Å². The Kier molecular flexibility index (Phi) is 4.45.